The van der Waals surface area contributed by atoms with Gasteiger partial charge in [0.15, 0.2) is 0 Å². The summed E-state index contributed by atoms with van der Waals surface area (Å²) in [6, 6.07) is 10.2. The van der Waals surface area contributed by atoms with Crippen LogP contribution < -0.4 is 5.32 Å². The van der Waals surface area contributed by atoms with E-state index >= 15 is 0 Å². The zero-order chi connectivity index (χ0) is 12.1. The number of fused-ring (bicyclic) bond motifs is 1. The van der Waals surface area contributed by atoms with Gasteiger partial charge < -0.3 is 10.4 Å². The molecule has 0 radical (unpaired) electrons. The maximum absolute atomic E-state index is 9.43. The number of pyridine rings is 1. The van der Waals surface area contributed by atoms with Crippen molar-refractivity contribution >= 4 is 10.9 Å². The standard InChI is InChI=1S/C14H18N2O/c1-2-13(17)10-15-8-11-7-12-5-3-4-6-14(12)16-9-11/h3-7,9,13,15,17H,2,8,10H2,1H3. The second kappa shape index (κ2) is 5.75. The molecule has 2 N–H and O–H groups in total. The highest BCUT2D eigenvalue weighted by molar-refractivity contribution is 5.78. The third-order valence-corrected chi connectivity index (χ3v) is 2.83. The van der Waals surface area contributed by atoms with Crippen LogP contribution in [-0.2, 0) is 6.54 Å². The van der Waals surface area contributed by atoms with Gasteiger partial charge in [0.05, 0.1) is 11.6 Å². The topological polar surface area (TPSA) is 45.1 Å². The Morgan fingerprint density at radius 2 is 2.18 bits per heavy atom. The third-order valence-electron chi connectivity index (χ3n) is 2.83. The van der Waals surface area contributed by atoms with E-state index in [1.165, 1.54) is 0 Å². The van der Waals surface area contributed by atoms with E-state index < -0.39 is 0 Å². The summed E-state index contributed by atoms with van der Waals surface area (Å²) in [5.74, 6) is 0. The van der Waals surface area contributed by atoms with Gasteiger partial charge in [-0.25, -0.2) is 0 Å². The van der Waals surface area contributed by atoms with Crippen LogP contribution in [0.4, 0.5) is 0 Å². The molecule has 1 unspecified atom stereocenters. The number of rotatable bonds is 5. The van der Waals surface area contributed by atoms with Crippen LogP contribution in [0, 0.1) is 0 Å². The van der Waals surface area contributed by atoms with Crippen molar-refractivity contribution in [3.05, 3.63) is 42.1 Å². The molecule has 2 rings (SSSR count). The van der Waals surface area contributed by atoms with E-state index in [2.05, 4.69) is 22.4 Å². The summed E-state index contributed by atoms with van der Waals surface area (Å²) in [5, 5.41) is 13.8. The molecular weight excluding hydrogens is 212 g/mol. The van der Waals surface area contributed by atoms with E-state index in [9.17, 15) is 5.11 Å². The van der Waals surface area contributed by atoms with Crippen molar-refractivity contribution in [1.82, 2.24) is 10.3 Å². The Morgan fingerprint density at radius 1 is 1.35 bits per heavy atom. The van der Waals surface area contributed by atoms with Crippen LogP contribution in [0.25, 0.3) is 10.9 Å². The molecule has 90 valence electrons. The van der Waals surface area contributed by atoms with Crippen molar-refractivity contribution in [3.8, 4) is 0 Å². The van der Waals surface area contributed by atoms with Gasteiger partial charge in [-0.2, -0.15) is 0 Å². The molecule has 0 aliphatic heterocycles. The summed E-state index contributed by atoms with van der Waals surface area (Å²) in [6.07, 6.45) is 2.40. The van der Waals surface area contributed by atoms with Crippen molar-refractivity contribution in [3.63, 3.8) is 0 Å². The molecule has 0 spiro atoms. The fraction of sp³-hybridized carbons (Fsp3) is 0.357. The molecule has 17 heavy (non-hydrogen) atoms. The first-order valence-corrected chi connectivity index (χ1v) is 6.02. The molecule has 2 aromatic rings. The summed E-state index contributed by atoms with van der Waals surface area (Å²) < 4.78 is 0. The number of aromatic nitrogens is 1. The number of aliphatic hydroxyl groups excluding tert-OH is 1. The van der Waals surface area contributed by atoms with E-state index in [1.807, 2.05) is 31.3 Å². The van der Waals surface area contributed by atoms with E-state index in [-0.39, 0.29) is 6.10 Å². The second-order valence-electron chi connectivity index (χ2n) is 4.23. The lowest BCUT2D eigenvalue weighted by Crippen LogP contribution is -2.25. The molecule has 1 aromatic carbocycles. The summed E-state index contributed by atoms with van der Waals surface area (Å²) in [4.78, 5) is 4.40. The third kappa shape index (κ3) is 3.25. The molecule has 0 amide bonds. The summed E-state index contributed by atoms with van der Waals surface area (Å²) in [7, 11) is 0. The second-order valence-corrected chi connectivity index (χ2v) is 4.23. The fourth-order valence-electron chi connectivity index (χ4n) is 1.74. The van der Waals surface area contributed by atoms with Crippen molar-refractivity contribution in [1.29, 1.82) is 0 Å². The van der Waals surface area contributed by atoms with Crippen molar-refractivity contribution in [2.75, 3.05) is 6.54 Å². The Balaban J connectivity index is 1.99. The first kappa shape index (κ1) is 12.0. The molecule has 0 aliphatic carbocycles. The molecule has 0 aliphatic rings. The fourth-order valence-corrected chi connectivity index (χ4v) is 1.74. The molecule has 3 heteroatoms. The Labute approximate surface area is 102 Å². The predicted molar refractivity (Wildman–Crippen MR) is 69.7 cm³/mol. The highest BCUT2D eigenvalue weighted by Crippen LogP contribution is 2.12. The van der Waals surface area contributed by atoms with Crippen molar-refractivity contribution in [2.24, 2.45) is 0 Å². The lowest BCUT2D eigenvalue weighted by Gasteiger charge is -2.09. The number of aliphatic hydroxyl groups is 1. The molecule has 0 fully saturated rings. The number of hydrogen-bond donors (Lipinski definition) is 2. The van der Waals surface area contributed by atoms with Gasteiger partial charge in [-0.15, -0.1) is 0 Å². The maximum Gasteiger partial charge on any atom is 0.0702 e. The van der Waals surface area contributed by atoms with Crippen molar-refractivity contribution < 1.29 is 5.11 Å². The quantitative estimate of drug-likeness (QED) is 0.826. The summed E-state index contributed by atoms with van der Waals surface area (Å²) in [6.45, 7) is 3.35. The van der Waals surface area contributed by atoms with Crippen LogP contribution in [-0.4, -0.2) is 22.7 Å². The predicted octanol–water partition coefficient (Wildman–Crippen LogP) is 2.10. The first-order valence-electron chi connectivity index (χ1n) is 6.02. The van der Waals surface area contributed by atoms with Crippen LogP contribution >= 0.6 is 0 Å². The van der Waals surface area contributed by atoms with Gasteiger partial charge in [-0.3, -0.25) is 4.98 Å². The smallest absolute Gasteiger partial charge is 0.0702 e. The Bertz CT molecular complexity index is 484. The number of benzene rings is 1. The van der Waals surface area contributed by atoms with Crippen LogP contribution in [0.3, 0.4) is 0 Å². The number of para-hydroxylation sites is 1. The summed E-state index contributed by atoms with van der Waals surface area (Å²) in [5.41, 5.74) is 2.16. The SMILES string of the molecule is CCC(O)CNCc1cnc2ccccc2c1. The zero-order valence-corrected chi connectivity index (χ0v) is 10.1. The minimum absolute atomic E-state index is 0.261. The highest BCUT2D eigenvalue weighted by atomic mass is 16.3. The number of nitrogens with one attached hydrogen (secondary N) is 1. The molecule has 3 nitrogen and oxygen atoms in total. The Morgan fingerprint density at radius 3 is 3.00 bits per heavy atom. The molecule has 1 aromatic heterocycles. The zero-order valence-electron chi connectivity index (χ0n) is 10.1. The number of hydrogen-bond acceptors (Lipinski definition) is 3. The normalized spacial score (nSPS) is 12.8. The van der Waals surface area contributed by atoms with Gasteiger partial charge in [0.2, 0.25) is 0 Å². The lowest BCUT2D eigenvalue weighted by molar-refractivity contribution is 0.167. The van der Waals surface area contributed by atoms with Crippen LogP contribution in [0.2, 0.25) is 0 Å². The molecule has 0 saturated carbocycles. The van der Waals surface area contributed by atoms with Gasteiger partial charge in [-0.1, -0.05) is 25.1 Å². The van der Waals surface area contributed by atoms with Crippen LogP contribution in [0.15, 0.2) is 36.5 Å². The van der Waals surface area contributed by atoms with Gasteiger partial charge in [0.1, 0.15) is 0 Å². The average molecular weight is 230 g/mol. The van der Waals surface area contributed by atoms with Crippen LogP contribution in [0.1, 0.15) is 18.9 Å². The molecule has 0 bridgehead atoms. The molecular formula is C14H18N2O. The van der Waals surface area contributed by atoms with Crippen LogP contribution in [0.5, 0.6) is 0 Å². The maximum atomic E-state index is 9.43. The van der Waals surface area contributed by atoms with E-state index in [4.69, 9.17) is 0 Å². The van der Waals surface area contributed by atoms with E-state index in [0.29, 0.717) is 6.54 Å². The van der Waals surface area contributed by atoms with E-state index in [1.54, 1.807) is 0 Å². The van der Waals surface area contributed by atoms with Gasteiger partial charge in [0.25, 0.3) is 0 Å². The largest absolute Gasteiger partial charge is 0.392 e. The Hall–Kier alpha value is -1.45. The monoisotopic (exact) mass is 230 g/mol. The summed E-state index contributed by atoms with van der Waals surface area (Å²) >= 11 is 0. The van der Waals surface area contributed by atoms with Gasteiger partial charge >= 0.3 is 0 Å². The number of nitrogens with zero attached hydrogens (tertiary/aromatic N) is 1. The lowest BCUT2D eigenvalue weighted by atomic mass is 10.1. The Kier molecular flexibility index (Phi) is 4.07. The van der Waals surface area contributed by atoms with Gasteiger partial charge in [-0.05, 0) is 24.1 Å². The average Bonchev–Trinajstić information content (AvgIpc) is 2.38. The molecule has 1 atom stereocenters. The minimum Gasteiger partial charge on any atom is -0.392 e. The van der Waals surface area contributed by atoms with Crippen molar-refractivity contribution in [2.45, 2.75) is 26.0 Å². The molecule has 1 heterocycles. The highest BCUT2D eigenvalue weighted by Gasteiger charge is 2.00. The first-order chi connectivity index (χ1) is 8.29. The van der Waals surface area contributed by atoms with Gasteiger partial charge in [0, 0.05) is 24.7 Å². The van der Waals surface area contributed by atoms with E-state index in [0.717, 1.165) is 29.4 Å². The molecule has 0 saturated heterocycles. The minimum atomic E-state index is -0.261.